The summed E-state index contributed by atoms with van der Waals surface area (Å²) in [6, 6.07) is 9.27. The summed E-state index contributed by atoms with van der Waals surface area (Å²) in [5.74, 6) is -1.01. The Balaban J connectivity index is 1.31. The van der Waals surface area contributed by atoms with Gasteiger partial charge in [-0.15, -0.1) is 0 Å². The second-order valence-corrected chi connectivity index (χ2v) is 11.6. The van der Waals surface area contributed by atoms with Gasteiger partial charge in [-0.05, 0) is 103 Å². The molecule has 8 heteroatoms. The van der Waals surface area contributed by atoms with Crippen LogP contribution in [-0.2, 0) is 14.8 Å². The van der Waals surface area contributed by atoms with Crippen molar-refractivity contribution in [3.05, 3.63) is 70.8 Å². The molecule has 2 aromatic carbocycles. The third kappa shape index (κ3) is 4.18. The molecular formula is C26H27F2NO4S. The van der Waals surface area contributed by atoms with Crippen molar-refractivity contribution in [2.75, 3.05) is 0 Å². The van der Waals surface area contributed by atoms with E-state index in [1.807, 2.05) is 6.92 Å². The summed E-state index contributed by atoms with van der Waals surface area (Å²) in [7, 11) is -3.72. The molecule has 180 valence electrons. The maximum Gasteiger partial charge on any atom is 0.304 e. The number of hydrogen-bond donors (Lipinski definition) is 2. The van der Waals surface area contributed by atoms with E-state index in [9.17, 15) is 27.1 Å². The average Bonchev–Trinajstić information content (AvgIpc) is 3.38. The van der Waals surface area contributed by atoms with E-state index >= 15 is 0 Å². The minimum atomic E-state index is -3.72. The van der Waals surface area contributed by atoms with Crippen LogP contribution in [0.15, 0.2) is 52.9 Å². The lowest BCUT2D eigenvalue weighted by molar-refractivity contribution is -0.137. The van der Waals surface area contributed by atoms with Gasteiger partial charge in [0, 0.05) is 12.0 Å². The Labute approximate surface area is 197 Å². The number of allylic oxidation sites excluding steroid dienone is 2. The van der Waals surface area contributed by atoms with Gasteiger partial charge in [0.1, 0.15) is 11.6 Å². The van der Waals surface area contributed by atoms with Crippen LogP contribution in [0, 0.1) is 29.4 Å². The summed E-state index contributed by atoms with van der Waals surface area (Å²) in [6.07, 6.45) is 3.19. The predicted molar refractivity (Wildman–Crippen MR) is 123 cm³/mol. The lowest BCUT2D eigenvalue weighted by Crippen LogP contribution is -2.33. The average molecular weight is 488 g/mol. The summed E-state index contributed by atoms with van der Waals surface area (Å²) >= 11 is 0. The van der Waals surface area contributed by atoms with E-state index < -0.39 is 21.8 Å². The van der Waals surface area contributed by atoms with E-state index in [1.54, 1.807) is 6.07 Å². The minimum absolute atomic E-state index is 0.0131. The van der Waals surface area contributed by atoms with Crippen molar-refractivity contribution >= 4 is 21.6 Å². The highest BCUT2D eigenvalue weighted by atomic mass is 32.2. The van der Waals surface area contributed by atoms with Gasteiger partial charge in [0.15, 0.2) is 0 Å². The topological polar surface area (TPSA) is 83.5 Å². The zero-order valence-electron chi connectivity index (χ0n) is 18.8. The Kier molecular flexibility index (Phi) is 5.84. The molecule has 0 heterocycles. The fraction of sp³-hybridized carbons (Fsp3) is 0.423. The zero-order chi connectivity index (χ0) is 24.2. The van der Waals surface area contributed by atoms with E-state index in [4.69, 9.17) is 0 Å². The fourth-order valence-electron chi connectivity index (χ4n) is 6.53. The standard InChI is InChI=1S/C26H27F2NO4S/c1-14-23(13-25(30)31)22-7-4-19(28)12-24(22)26(14)17-8-15-10-20(11-16(15)9-17)29-34(32,33)21-5-2-18(27)3-6-21/h2-7,12,15-17,20,23,29H,8-11,13H2,1H3,(H,30,31). The molecule has 3 unspecified atom stereocenters. The zero-order valence-corrected chi connectivity index (χ0v) is 19.6. The van der Waals surface area contributed by atoms with Crippen LogP contribution in [0.2, 0.25) is 0 Å². The third-order valence-electron chi connectivity index (χ3n) is 7.88. The Hall–Kier alpha value is -2.58. The van der Waals surface area contributed by atoms with Crippen LogP contribution in [0.1, 0.15) is 56.1 Å². The number of carboxylic acid groups (broad SMARTS) is 1. The first-order valence-electron chi connectivity index (χ1n) is 11.6. The van der Waals surface area contributed by atoms with Crippen molar-refractivity contribution in [1.82, 2.24) is 4.72 Å². The highest BCUT2D eigenvalue weighted by Crippen LogP contribution is 2.56. The van der Waals surface area contributed by atoms with Crippen molar-refractivity contribution in [3.8, 4) is 0 Å². The molecule has 2 fully saturated rings. The van der Waals surface area contributed by atoms with E-state index in [2.05, 4.69) is 4.72 Å². The Morgan fingerprint density at radius 3 is 2.24 bits per heavy atom. The number of carbonyl (C=O) groups is 1. The van der Waals surface area contributed by atoms with Crippen molar-refractivity contribution < 1.29 is 27.1 Å². The van der Waals surface area contributed by atoms with Crippen LogP contribution in [0.3, 0.4) is 0 Å². The number of aliphatic carboxylic acids is 1. The van der Waals surface area contributed by atoms with Gasteiger partial charge in [-0.25, -0.2) is 21.9 Å². The highest BCUT2D eigenvalue weighted by molar-refractivity contribution is 7.89. The van der Waals surface area contributed by atoms with Crippen LogP contribution in [-0.4, -0.2) is 25.5 Å². The van der Waals surface area contributed by atoms with Gasteiger partial charge in [-0.3, -0.25) is 4.79 Å². The van der Waals surface area contributed by atoms with Crippen LogP contribution < -0.4 is 4.72 Å². The Morgan fingerprint density at radius 2 is 1.62 bits per heavy atom. The molecule has 2 aromatic rings. The molecule has 0 aromatic heterocycles. The molecule has 2 saturated carbocycles. The summed E-state index contributed by atoms with van der Waals surface area (Å²) in [5, 5.41) is 9.40. The van der Waals surface area contributed by atoms with Crippen LogP contribution in [0.5, 0.6) is 0 Å². The lowest BCUT2D eigenvalue weighted by Gasteiger charge is -2.19. The monoisotopic (exact) mass is 487 g/mol. The van der Waals surface area contributed by atoms with Gasteiger partial charge >= 0.3 is 5.97 Å². The lowest BCUT2D eigenvalue weighted by atomic mass is 9.88. The number of carboxylic acids is 1. The first-order chi connectivity index (χ1) is 16.1. The van der Waals surface area contributed by atoms with Crippen LogP contribution in [0.4, 0.5) is 8.78 Å². The first-order valence-corrected chi connectivity index (χ1v) is 13.1. The van der Waals surface area contributed by atoms with Crippen LogP contribution in [0.25, 0.3) is 5.57 Å². The number of hydrogen-bond acceptors (Lipinski definition) is 3. The molecule has 3 atom stereocenters. The molecule has 0 radical (unpaired) electrons. The number of fused-ring (bicyclic) bond motifs is 2. The molecule has 0 bridgehead atoms. The van der Waals surface area contributed by atoms with Crippen molar-refractivity contribution in [3.63, 3.8) is 0 Å². The van der Waals surface area contributed by atoms with Gasteiger partial charge in [0.05, 0.1) is 11.3 Å². The van der Waals surface area contributed by atoms with E-state index in [0.717, 1.165) is 60.1 Å². The first kappa shape index (κ1) is 23.2. The maximum atomic E-state index is 14.1. The molecule has 5 rings (SSSR count). The normalized spacial score (nSPS) is 28.3. The number of nitrogens with one attached hydrogen (secondary N) is 1. The number of rotatable bonds is 6. The summed E-state index contributed by atoms with van der Waals surface area (Å²) in [6.45, 7) is 1.97. The predicted octanol–water partition coefficient (Wildman–Crippen LogP) is 5.09. The van der Waals surface area contributed by atoms with E-state index in [1.165, 1.54) is 24.3 Å². The summed E-state index contributed by atoms with van der Waals surface area (Å²) in [4.78, 5) is 11.5. The molecule has 0 saturated heterocycles. The number of benzene rings is 2. The third-order valence-corrected chi connectivity index (χ3v) is 9.41. The summed E-state index contributed by atoms with van der Waals surface area (Å²) in [5.41, 5.74) is 3.82. The molecule has 3 aliphatic carbocycles. The molecule has 2 N–H and O–H groups in total. The minimum Gasteiger partial charge on any atom is -0.481 e. The smallest absolute Gasteiger partial charge is 0.304 e. The van der Waals surface area contributed by atoms with Crippen molar-refractivity contribution in [1.29, 1.82) is 0 Å². The second kappa shape index (κ2) is 8.57. The molecule has 0 aliphatic heterocycles. The van der Waals surface area contributed by atoms with Crippen molar-refractivity contribution in [2.24, 2.45) is 17.8 Å². The molecule has 3 aliphatic rings. The van der Waals surface area contributed by atoms with Gasteiger partial charge in [0.2, 0.25) is 10.0 Å². The van der Waals surface area contributed by atoms with E-state index in [-0.39, 0.29) is 35.0 Å². The molecular weight excluding hydrogens is 460 g/mol. The van der Waals surface area contributed by atoms with Gasteiger partial charge in [-0.2, -0.15) is 0 Å². The fourth-order valence-corrected chi connectivity index (χ4v) is 7.79. The van der Waals surface area contributed by atoms with Gasteiger partial charge in [-0.1, -0.05) is 11.6 Å². The molecule has 5 nitrogen and oxygen atoms in total. The van der Waals surface area contributed by atoms with E-state index in [0.29, 0.717) is 11.8 Å². The Bertz CT molecular complexity index is 1260. The molecule has 34 heavy (non-hydrogen) atoms. The maximum absolute atomic E-state index is 14.1. The number of halogens is 2. The SMILES string of the molecule is CC1=C(C2CC3CC(NS(=O)(=O)c4ccc(F)cc4)CC3C2)c2cc(F)ccc2C1CC(=O)O. The number of sulfonamides is 1. The summed E-state index contributed by atoms with van der Waals surface area (Å²) < 4.78 is 55.5. The quantitative estimate of drug-likeness (QED) is 0.594. The largest absolute Gasteiger partial charge is 0.481 e. The van der Waals surface area contributed by atoms with Crippen LogP contribution >= 0.6 is 0 Å². The van der Waals surface area contributed by atoms with Gasteiger partial charge in [0.25, 0.3) is 0 Å². The second-order valence-electron chi connectivity index (χ2n) is 9.91. The molecule has 0 spiro atoms. The Morgan fingerprint density at radius 1 is 1.00 bits per heavy atom. The van der Waals surface area contributed by atoms with Crippen molar-refractivity contribution in [2.45, 2.75) is 55.9 Å². The molecule has 0 amide bonds. The van der Waals surface area contributed by atoms with Gasteiger partial charge < -0.3 is 5.11 Å². The highest BCUT2D eigenvalue weighted by Gasteiger charge is 2.46.